The Morgan fingerprint density at radius 2 is 2.14 bits per heavy atom. The highest BCUT2D eigenvalue weighted by atomic mass is 35.5. The molecular weight excluding hydrogens is 405 g/mol. The van der Waals surface area contributed by atoms with Gasteiger partial charge >= 0.3 is 5.56 Å². The van der Waals surface area contributed by atoms with Gasteiger partial charge in [0.2, 0.25) is 5.75 Å². The van der Waals surface area contributed by atoms with Crippen LogP contribution in [0.3, 0.4) is 0 Å². The Balaban J connectivity index is 1.71. The molecule has 3 N–H and O–H groups in total. The van der Waals surface area contributed by atoms with Crippen molar-refractivity contribution in [3.63, 3.8) is 0 Å². The van der Waals surface area contributed by atoms with E-state index < -0.39 is 28.7 Å². The van der Waals surface area contributed by atoms with Crippen molar-refractivity contribution < 1.29 is 14.3 Å². The van der Waals surface area contributed by atoms with E-state index in [-0.39, 0.29) is 23.0 Å². The van der Waals surface area contributed by atoms with Crippen molar-refractivity contribution in [2.45, 2.75) is 6.42 Å². The predicted molar refractivity (Wildman–Crippen MR) is 99.5 cm³/mol. The number of aromatic hydroxyl groups is 1. The lowest BCUT2D eigenvalue weighted by Crippen LogP contribution is -2.23. The highest BCUT2D eigenvalue weighted by molar-refractivity contribution is 6.30. The number of nitrogens with one attached hydrogen (secondary N) is 2. The fourth-order valence-corrected chi connectivity index (χ4v) is 2.91. The van der Waals surface area contributed by atoms with Crippen LogP contribution in [0.1, 0.15) is 21.6 Å². The Labute approximate surface area is 166 Å². The highest BCUT2D eigenvalue weighted by Gasteiger charge is 2.20. The van der Waals surface area contributed by atoms with Crippen LogP contribution in [0.15, 0.2) is 41.3 Å². The molecule has 3 aromatic heterocycles. The van der Waals surface area contributed by atoms with Crippen molar-refractivity contribution in [1.82, 2.24) is 30.0 Å². The van der Waals surface area contributed by atoms with Crippen LogP contribution in [-0.4, -0.2) is 41.0 Å². The molecule has 0 saturated carbocycles. The molecule has 1 aromatic carbocycles. The predicted octanol–water partition coefficient (Wildman–Crippen LogP) is 1.55. The third-order valence-electron chi connectivity index (χ3n) is 4.07. The van der Waals surface area contributed by atoms with E-state index >= 15 is 0 Å². The molecule has 0 aliphatic rings. The summed E-state index contributed by atoms with van der Waals surface area (Å²) in [6.07, 6.45) is 1.57. The molecule has 4 rings (SSSR count). The fraction of sp³-hybridized carbons (Fsp3) is 0.0588. The molecule has 3 heterocycles. The van der Waals surface area contributed by atoms with Crippen LogP contribution in [-0.2, 0) is 6.42 Å². The number of nitrogens with zero attached hydrogens (tertiary/aromatic N) is 5. The maximum atomic E-state index is 14.1. The average Bonchev–Trinajstić information content (AvgIpc) is 3.21. The van der Waals surface area contributed by atoms with Crippen molar-refractivity contribution in [3.05, 3.63) is 74.5 Å². The molecule has 0 saturated heterocycles. The maximum absolute atomic E-state index is 14.1. The number of amides is 1. The molecule has 0 radical (unpaired) electrons. The van der Waals surface area contributed by atoms with E-state index in [4.69, 9.17) is 11.6 Å². The van der Waals surface area contributed by atoms with Gasteiger partial charge in [-0.15, -0.1) is 5.10 Å². The Morgan fingerprint density at radius 3 is 2.90 bits per heavy atom. The van der Waals surface area contributed by atoms with E-state index in [0.29, 0.717) is 11.1 Å². The van der Waals surface area contributed by atoms with E-state index in [1.54, 1.807) is 18.2 Å². The number of anilines is 1. The minimum atomic E-state index is -0.881. The van der Waals surface area contributed by atoms with E-state index in [1.807, 2.05) is 0 Å². The second kappa shape index (κ2) is 7.28. The first-order valence-corrected chi connectivity index (χ1v) is 8.54. The smallest absolute Gasteiger partial charge is 0.300 e. The number of rotatable bonds is 4. The summed E-state index contributed by atoms with van der Waals surface area (Å²) in [7, 11) is 0. The summed E-state index contributed by atoms with van der Waals surface area (Å²) < 4.78 is 15.2. The van der Waals surface area contributed by atoms with Crippen LogP contribution < -0.4 is 10.9 Å². The third-order valence-corrected chi connectivity index (χ3v) is 4.36. The summed E-state index contributed by atoms with van der Waals surface area (Å²) in [5, 5.41) is 24.9. The Morgan fingerprint density at radius 1 is 1.31 bits per heavy atom. The summed E-state index contributed by atoms with van der Waals surface area (Å²) in [6.45, 7) is 0. The number of aromatic amines is 1. The van der Waals surface area contributed by atoms with Crippen LogP contribution in [0.25, 0.3) is 5.65 Å². The SMILES string of the molecule is O=C(Nc1nn[nH]n1)c1nc2ccc(Cc3cccc(Cl)c3F)cn2c(=O)c1O. The molecule has 0 spiro atoms. The third kappa shape index (κ3) is 3.50. The van der Waals surface area contributed by atoms with E-state index in [1.165, 1.54) is 18.3 Å². The number of hydrogen-bond acceptors (Lipinski definition) is 7. The van der Waals surface area contributed by atoms with Gasteiger partial charge in [0, 0.05) is 12.6 Å². The molecule has 146 valence electrons. The van der Waals surface area contributed by atoms with Crippen LogP contribution in [0, 0.1) is 5.82 Å². The number of tetrazole rings is 1. The summed E-state index contributed by atoms with van der Waals surface area (Å²) >= 11 is 5.79. The molecule has 12 heteroatoms. The number of carbonyl (C=O) groups is 1. The van der Waals surface area contributed by atoms with Crippen LogP contribution in [0.4, 0.5) is 10.3 Å². The van der Waals surface area contributed by atoms with Crippen molar-refractivity contribution >= 4 is 29.1 Å². The van der Waals surface area contributed by atoms with Crippen molar-refractivity contribution in [3.8, 4) is 5.75 Å². The molecule has 29 heavy (non-hydrogen) atoms. The summed E-state index contributed by atoms with van der Waals surface area (Å²) in [4.78, 5) is 28.8. The number of pyridine rings is 1. The van der Waals surface area contributed by atoms with E-state index in [2.05, 4.69) is 30.9 Å². The molecule has 0 aliphatic carbocycles. The number of benzene rings is 1. The fourth-order valence-electron chi connectivity index (χ4n) is 2.72. The zero-order valence-corrected chi connectivity index (χ0v) is 15.2. The first-order chi connectivity index (χ1) is 13.9. The molecule has 0 bridgehead atoms. The lowest BCUT2D eigenvalue weighted by atomic mass is 10.1. The van der Waals surface area contributed by atoms with Crippen LogP contribution in [0.2, 0.25) is 5.02 Å². The number of fused-ring (bicyclic) bond motifs is 1. The molecule has 0 aliphatic heterocycles. The first kappa shape index (κ1) is 18.5. The largest absolute Gasteiger partial charge is 0.501 e. The number of hydrogen-bond donors (Lipinski definition) is 3. The minimum absolute atomic E-state index is 0.00276. The van der Waals surface area contributed by atoms with Gasteiger partial charge in [0.25, 0.3) is 11.9 Å². The summed E-state index contributed by atoms with van der Waals surface area (Å²) in [5.41, 5.74) is -0.319. The topological polar surface area (TPSA) is 138 Å². The Bertz CT molecular complexity index is 1290. The number of carbonyl (C=O) groups excluding carboxylic acids is 1. The standard InChI is InChI=1S/C17H11ClFN7O3/c18-10-3-1-2-9(12(10)19)6-8-4-5-11-20-13(14(27)16(29)26(11)7-8)15(28)21-17-22-24-25-23-17/h1-5,7,27H,6H2,(H2,21,22,23,24,25,28). The van der Waals surface area contributed by atoms with Gasteiger partial charge in [-0.3, -0.25) is 19.3 Å². The molecule has 0 fully saturated rings. The monoisotopic (exact) mass is 415 g/mol. The molecular formula is C17H11ClFN7O3. The Kier molecular flexibility index (Phi) is 4.64. The van der Waals surface area contributed by atoms with E-state index in [9.17, 15) is 19.1 Å². The van der Waals surface area contributed by atoms with Gasteiger partial charge in [-0.2, -0.15) is 5.21 Å². The number of aromatic nitrogens is 6. The zero-order valence-electron chi connectivity index (χ0n) is 14.4. The van der Waals surface area contributed by atoms with Crippen LogP contribution >= 0.6 is 11.6 Å². The normalized spacial score (nSPS) is 11.0. The first-order valence-electron chi connectivity index (χ1n) is 8.16. The van der Waals surface area contributed by atoms with Gasteiger partial charge in [0.05, 0.1) is 5.02 Å². The second-order valence-corrected chi connectivity index (χ2v) is 6.37. The molecule has 0 atom stereocenters. The average molecular weight is 416 g/mol. The molecule has 4 aromatic rings. The lowest BCUT2D eigenvalue weighted by Gasteiger charge is -2.09. The van der Waals surface area contributed by atoms with Gasteiger partial charge in [0.1, 0.15) is 11.5 Å². The van der Waals surface area contributed by atoms with Crippen molar-refractivity contribution in [2.24, 2.45) is 0 Å². The Hall–Kier alpha value is -3.86. The quantitative estimate of drug-likeness (QED) is 0.459. The summed E-state index contributed by atoms with van der Waals surface area (Å²) in [6, 6.07) is 7.74. The van der Waals surface area contributed by atoms with Crippen LogP contribution in [0.5, 0.6) is 5.75 Å². The van der Waals surface area contributed by atoms with Gasteiger partial charge < -0.3 is 5.11 Å². The second-order valence-electron chi connectivity index (χ2n) is 5.96. The zero-order chi connectivity index (χ0) is 20.5. The highest BCUT2D eigenvalue weighted by Crippen LogP contribution is 2.21. The summed E-state index contributed by atoms with van der Waals surface area (Å²) in [5.74, 6) is -2.42. The maximum Gasteiger partial charge on any atom is 0.300 e. The van der Waals surface area contributed by atoms with Gasteiger partial charge in [-0.25, -0.2) is 9.37 Å². The molecule has 0 unspecified atom stereocenters. The van der Waals surface area contributed by atoms with E-state index in [0.717, 1.165) is 4.40 Å². The minimum Gasteiger partial charge on any atom is -0.501 e. The van der Waals surface area contributed by atoms with Gasteiger partial charge in [-0.1, -0.05) is 34.9 Å². The molecule has 10 nitrogen and oxygen atoms in total. The lowest BCUT2D eigenvalue weighted by molar-refractivity contribution is 0.101. The van der Waals surface area contributed by atoms with Gasteiger partial charge in [-0.05, 0) is 28.5 Å². The molecule has 1 amide bonds. The van der Waals surface area contributed by atoms with Gasteiger partial charge in [0.15, 0.2) is 5.69 Å². The van der Waals surface area contributed by atoms with Crippen molar-refractivity contribution in [1.29, 1.82) is 0 Å². The number of H-pyrrole nitrogens is 1. The van der Waals surface area contributed by atoms with Crippen molar-refractivity contribution in [2.75, 3.05) is 5.32 Å². The number of halogens is 2.